The molecular weight excluding hydrogens is 245 g/mol. The first-order valence-corrected chi connectivity index (χ1v) is 6.22. The van der Waals surface area contributed by atoms with E-state index in [1.165, 1.54) is 19.2 Å². The van der Waals surface area contributed by atoms with E-state index in [0.29, 0.717) is 12.3 Å². The number of benzene rings is 1. The molecule has 0 saturated carbocycles. The first-order valence-electron chi connectivity index (χ1n) is 6.22. The molecule has 0 saturated heterocycles. The molecular formula is C14H18FN3O. The first-order chi connectivity index (χ1) is 9.13. The van der Waals surface area contributed by atoms with Crippen LogP contribution in [0.2, 0.25) is 0 Å². The molecule has 102 valence electrons. The number of nitrogens with zero attached hydrogens (tertiary/aromatic N) is 2. The number of rotatable bonds is 5. The fourth-order valence-electron chi connectivity index (χ4n) is 2.03. The number of aryl methyl sites for hydroxylation is 2. The van der Waals surface area contributed by atoms with Crippen molar-refractivity contribution in [3.05, 3.63) is 41.5 Å². The Morgan fingerprint density at radius 2 is 2.21 bits per heavy atom. The second-order valence-corrected chi connectivity index (χ2v) is 4.33. The van der Waals surface area contributed by atoms with Gasteiger partial charge in [0.1, 0.15) is 11.6 Å². The van der Waals surface area contributed by atoms with Gasteiger partial charge in [-0.05, 0) is 18.6 Å². The Kier molecular flexibility index (Phi) is 4.04. The van der Waals surface area contributed by atoms with Gasteiger partial charge in [0.2, 0.25) is 0 Å². The van der Waals surface area contributed by atoms with Gasteiger partial charge in [-0.3, -0.25) is 4.68 Å². The van der Waals surface area contributed by atoms with E-state index in [0.717, 1.165) is 23.4 Å². The third-order valence-electron chi connectivity index (χ3n) is 2.96. The molecule has 0 aliphatic carbocycles. The molecule has 1 N–H and O–H groups in total. The summed E-state index contributed by atoms with van der Waals surface area (Å²) in [7, 11) is 3.43. The zero-order valence-corrected chi connectivity index (χ0v) is 11.4. The van der Waals surface area contributed by atoms with Crippen LogP contribution in [0.4, 0.5) is 10.1 Å². The van der Waals surface area contributed by atoms with Crippen molar-refractivity contribution in [2.45, 2.75) is 19.9 Å². The zero-order valence-electron chi connectivity index (χ0n) is 11.4. The van der Waals surface area contributed by atoms with Gasteiger partial charge in [-0.15, -0.1) is 0 Å². The van der Waals surface area contributed by atoms with Crippen molar-refractivity contribution < 1.29 is 9.13 Å². The van der Waals surface area contributed by atoms with Crippen molar-refractivity contribution in [2.24, 2.45) is 7.05 Å². The van der Waals surface area contributed by atoms with Crippen LogP contribution >= 0.6 is 0 Å². The molecule has 2 rings (SSSR count). The maximum atomic E-state index is 13.1. The Morgan fingerprint density at radius 3 is 2.89 bits per heavy atom. The van der Waals surface area contributed by atoms with Crippen molar-refractivity contribution in [3.63, 3.8) is 0 Å². The molecule has 0 atom stereocenters. The van der Waals surface area contributed by atoms with Crippen molar-refractivity contribution in [3.8, 4) is 5.75 Å². The Morgan fingerprint density at radius 1 is 1.42 bits per heavy atom. The van der Waals surface area contributed by atoms with Crippen LogP contribution in [0.15, 0.2) is 24.4 Å². The van der Waals surface area contributed by atoms with Crippen LogP contribution in [0.25, 0.3) is 0 Å². The fraction of sp³-hybridized carbons (Fsp3) is 0.357. The van der Waals surface area contributed by atoms with Gasteiger partial charge in [-0.2, -0.15) is 5.10 Å². The summed E-state index contributed by atoms with van der Waals surface area (Å²) in [5, 5.41) is 7.63. The van der Waals surface area contributed by atoms with Gasteiger partial charge in [0.05, 0.1) is 18.5 Å². The molecule has 0 bridgehead atoms. The van der Waals surface area contributed by atoms with Crippen LogP contribution in [-0.4, -0.2) is 16.9 Å². The third-order valence-corrected chi connectivity index (χ3v) is 2.96. The predicted octanol–water partition coefficient (Wildman–Crippen LogP) is 2.74. The lowest BCUT2D eigenvalue weighted by Gasteiger charge is -2.10. The lowest BCUT2D eigenvalue weighted by atomic mass is 10.2. The number of nitrogens with one attached hydrogen (secondary N) is 1. The highest BCUT2D eigenvalue weighted by atomic mass is 19.1. The van der Waals surface area contributed by atoms with Crippen molar-refractivity contribution in [2.75, 3.05) is 12.4 Å². The smallest absolute Gasteiger partial charge is 0.144 e. The fourth-order valence-corrected chi connectivity index (χ4v) is 2.03. The standard InChI is InChI=1S/C14H18FN3O/c1-4-12-10(9-18(2)17-12)8-16-13-6-5-11(15)7-14(13)19-3/h5-7,9,16H,4,8H2,1-3H3. The van der Waals surface area contributed by atoms with Gasteiger partial charge in [-0.25, -0.2) is 4.39 Å². The third kappa shape index (κ3) is 3.05. The Labute approximate surface area is 112 Å². The summed E-state index contributed by atoms with van der Waals surface area (Å²) in [4.78, 5) is 0. The summed E-state index contributed by atoms with van der Waals surface area (Å²) >= 11 is 0. The van der Waals surface area contributed by atoms with E-state index in [1.807, 2.05) is 13.2 Å². The lowest BCUT2D eigenvalue weighted by Crippen LogP contribution is -2.03. The highest BCUT2D eigenvalue weighted by Crippen LogP contribution is 2.25. The van der Waals surface area contributed by atoms with Gasteiger partial charge in [-0.1, -0.05) is 6.92 Å². The average molecular weight is 263 g/mol. The minimum Gasteiger partial charge on any atom is -0.494 e. The van der Waals surface area contributed by atoms with Crippen LogP contribution in [0.5, 0.6) is 5.75 Å². The highest BCUT2D eigenvalue weighted by molar-refractivity contribution is 5.56. The van der Waals surface area contributed by atoms with Crippen LogP contribution in [0.1, 0.15) is 18.2 Å². The minimum absolute atomic E-state index is 0.307. The molecule has 0 amide bonds. The maximum Gasteiger partial charge on any atom is 0.144 e. The molecule has 5 heteroatoms. The van der Waals surface area contributed by atoms with Gasteiger partial charge in [0, 0.05) is 31.4 Å². The number of anilines is 1. The predicted molar refractivity (Wildman–Crippen MR) is 72.9 cm³/mol. The first kappa shape index (κ1) is 13.4. The summed E-state index contributed by atoms with van der Waals surface area (Å²) in [5.74, 6) is 0.194. The van der Waals surface area contributed by atoms with Crippen LogP contribution < -0.4 is 10.1 Å². The molecule has 1 heterocycles. The largest absolute Gasteiger partial charge is 0.494 e. The summed E-state index contributed by atoms with van der Waals surface area (Å²) in [6, 6.07) is 4.46. The Bertz CT molecular complexity index is 566. The number of methoxy groups -OCH3 is 1. The Hall–Kier alpha value is -2.04. The molecule has 0 aliphatic rings. The molecule has 0 aliphatic heterocycles. The molecule has 0 radical (unpaired) electrons. The van der Waals surface area contributed by atoms with E-state index < -0.39 is 0 Å². The SMILES string of the molecule is CCc1nn(C)cc1CNc1ccc(F)cc1OC. The van der Waals surface area contributed by atoms with Gasteiger partial charge >= 0.3 is 0 Å². The van der Waals surface area contributed by atoms with E-state index in [2.05, 4.69) is 17.3 Å². The second kappa shape index (κ2) is 5.73. The molecule has 2 aromatic rings. The Balaban J connectivity index is 2.14. The topological polar surface area (TPSA) is 39.1 Å². The van der Waals surface area contributed by atoms with E-state index in [1.54, 1.807) is 10.7 Å². The molecule has 0 fully saturated rings. The zero-order chi connectivity index (χ0) is 13.8. The molecule has 4 nitrogen and oxygen atoms in total. The quantitative estimate of drug-likeness (QED) is 0.901. The molecule has 1 aromatic heterocycles. The van der Waals surface area contributed by atoms with Crippen molar-refractivity contribution in [1.29, 1.82) is 0 Å². The second-order valence-electron chi connectivity index (χ2n) is 4.33. The summed E-state index contributed by atoms with van der Waals surface area (Å²) in [6.07, 6.45) is 2.88. The number of aromatic nitrogens is 2. The van der Waals surface area contributed by atoms with Crippen molar-refractivity contribution in [1.82, 2.24) is 9.78 Å². The molecule has 0 unspecified atom stereocenters. The van der Waals surface area contributed by atoms with E-state index in [9.17, 15) is 4.39 Å². The molecule has 1 aromatic carbocycles. The maximum absolute atomic E-state index is 13.1. The molecule has 19 heavy (non-hydrogen) atoms. The summed E-state index contributed by atoms with van der Waals surface area (Å²) in [6.45, 7) is 2.71. The summed E-state index contributed by atoms with van der Waals surface area (Å²) < 4.78 is 20.1. The van der Waals surface area contributed by atoms with E-state index in [4.69, 9.17) is 4.74 Å². The van der Waals surface area contributed by atoms with Crippen molar-refractivity contribution >= 4 is 5.69 Å². The van der Waals surface area contributed by atoms with Crippen LogP contribution in [0.3, 0.4) is 0 Å². The van der Waals surface area contributed by atoms with Crippen LogP contribution in [0, 0.1) is 5.82 Å². The van der Waals surface area contributed by atoms with Gasteiger partial charge in [0.25, 0.3) is 0 Å². The number of halogens is 1. The van der Waals surface area contributed by atoms with Gasteiger partial charge < -0.3 is 10.1 Å². The molecule has 0 spiro atoms. The van der Waals surface area contributed by atoms with Crippen LogP contribution in [-0.2, 0) is 20.0 Å². The average Bonchev–Trinajstić information content (AvgIpc) is 2.77. The highest BCUT2D eigenvalue weighted by Gasteiger charge is 2.08. The number of hydrogen-bond donors (Lipinski definition) is 1. The normalized spacial score (nSPS) is 10.5. The number of ether oxygens (including phenoxy) is 1. The lowest BCUT2D eigenvalue weighted by molar-refractivity contribution is 0.413. The monoisotopic (exact) mass is 263 g/mol. The van der Waals surface area contributed by atoms with E-state index >= 15 is 0 Å². The van der Waals surface area contributed by atoms with E-state index in [-0.39, 0.29) is 5.82 Å². The minimum atomic E-state index is -0.307. The summed E-state index contributed by atoms with van der Waals surface area (Å²) in [5.41, 5.74) is 2.97. The van der Waals surface area contributed by atoms with Gasteiger partial charge in [0.15, 0.2) is 0 Å². The number of hydrogen-bond acceptors (Lipinski definition) is 3.